The fraction of sp³-hybridized carbons (Fsp3) is 0.391. The molecule has 31 heavy (non-hydrogen) atoms. The van der Waals surface area contributed by atoms with Crippen molar-refractivity contribution in [3.05, 3.63) is 59.2 Å². The van der Waals surface area contributed by atoms with Crippen LogP contribution in [-0.4, -0.2) is 44.2 Å². The highest BCUT2D eigenvalue weighted by Gasteiger charge is 2.33. The molecule has 1 N–H and O–H groups in total. The van der Waals surface area contributed by atoms with Gasteiger partial charge in [-0.3, -0.25) is 14.9 Å². The van der Waals surface area contributed by atoms with Crippen molar-refractivity contribution in [1.29, 1.82) is 0 Å². The molecule has 0 unspecified atom stereocenters. The Labute approximate surface area is 182 Å². The fourth-order valence-corrected chi connectivity index (χ4v) is 5.68. The first-order valence-electron chi connectivity index (χ1n) is 10.6. The second-order valence-electron chi connectivity index (χ2n) is 7.95. The van der Waals surface area contributed by atoms with E-state index < -0.39 is 21.8 Å². The molecule has 2 aromatic carbocycles. The predicted octanol–water partition coefficient (Wildman–Crippen LogP) is 3.00. The van der Waals surface area contributed by atoms with Gasteiger partial charge >= 0.3 is 0 Å². The molecule has 0 aliphatic carbocycles. The van der Waals surface area contributed by atoms with E-state index in [0.29, 0.717) is 25.6 Å². The van der Waals surface area contributed by atoms with Crippen LogP contribution in [0.1, 0.15) is 52.5 Å². The number of imide groups is 1. The van der Waals surface area contributed by atoms with E-state index in [9.17, 15) is 18.0 Å². The van der Waals surface area contributed by atoms with Gasteiger partial charge in [-0.1, -0.05) is 12.1 Å². The van der Waals surface area contributed by atoms with Crippen molar-refractivity contribution in [1.82, 2.24) is 9.62 Å². The maximum absolute atomic E-state index is 13.0. The summed E-state index contributed by atoms with van der Waals surface area (Å²) in [6.45, 7) is 3.52. The molecule has 1 fully saturated rings. The van der Waals surface area contributed by atoms with Gasteiger partial charge in [0.1, 0.15) is 5.75 Å². The van der Waals surface area contributed by atoms with Crippen LogP contribution < -0.4 is 10.1 Å². The van der Waals surface area contributed by atoms with Crippen LogP contribution in [-0.2, 0) is 16.4 Å². The summed E-state index contributed by atoms with van der Waals surface area (Å²) in [5, 5.41) is 2.19. The molecular formula is C23H26N2O5S. The Hall–Kier alpha value is -2.71. The number of nitrogens with zero attached hydrogens (tertiary/aromatic N) is 1. The minimum absolute atomic E-state index is 0.0592. The maximum atomic E-state index is 13.0. The highest BCUT2D eigenvalue weighted by Crippen LogP contribution is 2.28. The minimum Gasteiger partial charge on any atom is -0.494 e. The van der Waals surface area contributed by atoms with Gasteiger partial charge in [0.25, 0.3) is 11.8 Å². The molecular weight excluding hydrogens is 416 g/mol. The first-order valence-corrected chi connectivity index (χ1v) is 12.0. The molecule has 2 aliphatic heterocycles. The van der Waals surface area contributed by atoms with Crippen molar-refractivity contribution in [2.45, 2.75) is 37.5 Å². The average molecular weight is 443 g/mol. The molecule has 8 heteroatoms. The molecule has 2 aromatic rings. The van der Waals surface area contributed by atoms with E-state index in [1.807, 2.05) is 19.1 Å². The van der Waals surface area contributed by atoms with Crippen molar-refractivity contribution in [3.8, 4) is 5.75 Å². The zero-order chi connectivity index (χ0) is 22.0. The Bertz CT molecular complexity index is 1090. The highest BCUT2D eigenvalue weighted by molar-refractivity contribution is 7.89. The second kappa shape index (κ2) is 8.80. The van der Waals surface area contributed by atoms with Crippen molar-refractivity contribution in [2.24, 2.45) is 5.92 Å². The summed E-state index contributed by atoms with van der Waals surface area (Å²) in [4.78, 5) is 23.6. The number of benzene rings is 2. The van der Waals surface area contributed by atoms with Crippen molar-refractivity contribution >= 4 is 21.8 Å². The smallest absolute Gasteiger partial charge is 0.258 e. The molecule has 0 spiro atoms. The summed E-state index contributed by atoms with van der Waals surface area (Å²) in [7, 11) is -3.70. The number of carbonyl (C=O) groups excluding carboxylic acids is 2. The molecule has 2 aliphatic rings. The van der Waals surface area contributed by atoms with Crippen molar-refractivity contribution < 1.29 is 22.7 Å². The third-order valence-corrected chi connectivity index (χ3v) is 7.89. The lowest BCUT2D eigenvalue weighted by molar-refractivity contribution is 0.0879. The van der Waals surface area contributed by atoms with E-state index >= 15 is 0 Å². The van der Waals surface area contributed by atoms with Crippen LogP contribution in [0, 0.1) is 5.92 Å². The molecule has 0 radical (unpaired) electrons. The summed E-state index contributed by atoms with van der Waals surface area (Å²) in [5.74, 6) is 0.307. The van der Waals surface area contributed by atoms with Gasteiger partial charge in [-0.15, -0.1) is 0 Å². The minimum atomic E-state index is -3.70. The molecule has 1 saturated heterocycles. The van der Waals surface area contributed by atoms with Crippen LogP contribution >= 0.6 is 0 Å². The number of piperidine rings is 1. The number of nitrogens with one attached hydrogen (secondary N) is 1. The van der Waals surface area contributed by atoms with Gasteiger partial charge in [-0.2, -0.15) is 4.31 Å². The Balaban J connectivity index is 1.34. The Morgan fingerprint density at radius 1 is 1.00 bits per heavy atom. The summed E-state index contributed by atoms with van der Waals surface area (Å²) in [6.07, 6.45) is 3.58. The third-order valence-electron chi connectivity index (χ3n) is 5.99. The zero-order valence-electron chi connectivity index (χ0n) is 17.5. The standard InChI is InChI=1S/C23H26N2O5S/c1-2-30-18-7-5-16(6-8-18)3-4-17-11-13-25(14-12-17)31(28,29)19-9-10-20-21(15-19)23(27)24-22(20)26/h5-10,15,17H,2-4,11-14H2,1H3,(H,24,26,27). The Morgan fingerprint density at radius 3 is 2.35 bits per heavy atom. The number of hydrogen-bond acceptors (Lipinski definition) is 5. The van der Waals surface area contributed by atoms with Crippen LogP contribution in [0.2, 0.25) is 0 Å². The van der Waals surface area contributed by atoms with Crippen LogP contribution in [0.4, 0.5) is 0 Å². The fourth-order valence-electron chi connectivity index (χ4n) is 4.18. The normalized spacial score (nSPS) is 17.5. The molecule has 7 nitrogen and oxygen atoms in total. The predicted molar refractivity (Wildman–Crippen MR) is 116 cm³/mol. The Morgan fingerprint density at radius 2 is 1.68 bits per heavy atom. The van der Waals surface area contributed by atoms with Crippen LogP contribution in [0.15, 0.2) is 47.4 Å². The Kier molecular flexibility index (Phi) is 6.11. The SMILES string of the molecule is CCOc1ccc(CCC2CCN(S(=O)(=O)c3ccc4c(c3)C(=O)NC4=O)CC2)cc1. The van der Waals surface area contributed by atoms with Crippen LogP contribution in [0.25, 0.3) is 0 Å². The third kappa shape index (κ3) is 4.50. The van der Waals surface area contributed by atoms with Crippen LogP contribution in [0.5, 0.6) is 5.75 Å². The lowest BCUT2D eigenvalue weighted by Gasteiger charge is -2.31. The molecule has 0 bridgehead atoms. The van der Waals surface area contributed by atoms with Gasteiger partial charge in [0.15, 0.2) is 0 Å². The monoisotopic (exact) mass is 442 g/mol. The zero-order valence-corrected chi connectivity index (χ0v) is 18.3. The van der Waals surface area contributed by atoms with E-state index in [1.54, 1.807) is 0 Å². The van der Waals surface area contributed by atoms with Gasteiger partial charge in [-0.25, -0.2) is 8.42 Å². The number of amides is 2. The quantitative estimate of drug-likeness (QED) is 0.666. The lowest BCUT2D eigenvalue weighted by Crippen LogP contribution is -2.38. The summed E-state index contributed by atoms with van der Waals surface area (Å²) in [6, 6.07) is 12.3. The second-order valence-corrected chi connectivity index (χ2v) is 9.89. The average Bonchev–Trinajstić information content (AvgIpc) is 3.07. The van der Waals surface area contributed by atoms with Gasteiger partial charge in [-0.05, 0) is 74.4 Å². The van der Waals surface area contributed by atoms with Gasteiger partial charge in [0, 0.05) is 13.1 Å². The molecule has 2 heterocycles. The highest BCUT2D eigenvalue weighted by atomic mass is 32.2. The summed E-state index contributed by atoms with van der Waals surface area (Å²) in [5.41, 5.74) is 1.60. The number of aryl methyl sites for hydroxylation is 1. The number of hydrogen-bond donors (Lipinski definition) is 1. The summed E-state index contributed by atoms with van der Waals surface area (Å²) >= 11 is 0. The molecule has 164 valence electrons. The summed E-state index contributed by atoms with van der Waals surface area (Å²) < 4.78 is 33.0. The number of sulfonamides is 1. The van der Waals surface area contributed by atoms with Gasteiger partial charge < -0.3 is 4.74 Å². The van der Waals surface area contributed by atoms with E-state index in [-0.39, 0.29) is 16.0 Å². The van der Waals surface area contributed by atoms with Crippen molar-refractivity contribution in [3.63, 3.8) is 0 Å². The lowest BCUT2D eigenvalue weighted by atomic mass is 9.91. The van der Waals surface area contributed by atoms with E-state index in [2.05, 4.69) is 17.4 Å². The number of rotatable bonds is 7. The van der Waals surface area contributed by atoms with E-state index in [4.69, 9.17) is 4.74 Å². The van der Waals surface area contributed by atoms with Crippen molar-refractivity contribution in [2.75, 3.05) is 19.7 Å². The topological polar surface area (TPSA) is 92.8 Å². The maximum Gasteiger partial charge on any atom is 0.258 e. The molecule has 0 aromatic heterocycles. The number of ether oxygens (including phenoxy) is 1. The first-order chi connectivity index (χ1) is 14.9. The van der Waals surface area contributed by atoms with Crippen LogP contribution in [0.3, 0.4) is 0 Å². The number of fused-ring (bicyclic) bond motifs is 1. The number of carbonyl (C=O) groups is 2. The molecule has 0 atom stereocenters. The molecule has 0 saturated carbocycles. The van der Waals surface area contributed by atoms with Gasteiger partial charge in [0.05, 0.1) is 22.6 Å². The first kappa shape index (κ1) is 21.5. The largest absolute Gasteiger partial charge is 0.494 e. The van der Waals surface area contributed by atoms with E-state index in [1.165, 1.54) is 28.1 Å². The van der Waals surface area contributed by atoms with Gasteiger partial charge in [0.2, 0.25) is 10.0 Å². The molecule has 2 amide bonds. The molecule has 4 rings (SSSR count). The van der Waals surface area contributed by atoms with E-state index in [0.717, 1.165) is 31.4 Å².